The standard InChI is InChI=1S/C8H12P2/c1-10-8-4-2-7(6-9)3-5-8/h2-5,10H,6,9H2,1H3. The molecule has 0 radical (unpaired) electrons. The minimum absolute atomic E-state index is 0.921. The lowest BCUT2D eigenvalue weighted by molar-refractivity contribution is 1.43. The summed E-state index contributed by atoms with van der Waals surface area (Å²) in [4.78, 5) is 0. The molecule has 0 saturated heterocycles. The first kappa shape index (κ1) is 8.18. The summed E-state index contributed by atoms with van der Waals surface area (Å²) in [5.41, 5.74) is 1.40. The first-order valence-corrected chi connectivity index (χ1v) is 5.65. The smallest absolute Gasteiger partial charge is 0.0128 e. The second kappa shape index (κ2) is 4.06. The highest BCUT2D eigenvalue weighted by Crippen LogP contribution is 2.07. The molecular weight excluding hydrogens is 158 g/mol. The lowest BCUT2D eigenvalue weighted by atomic mass is 10.2. The van der Waals surface area contributed by atoms with E-state index in [0.717, 1.165) is 14.7 Å². The van der Waals surface area contributed by atoms with E-state index in [1.54, 1.807) is 0 Å². The Morgan fingerprint density at radius 1 is 1.30 bits per heavy atom. The van der Waals surface area contributed by atoms with Crippen molar-refractivity contribution in [2.45, 2.75) is 6.16 Å². The van der Waals surface area contributed by atoms with Gasteiger partial charge in [0.05, 0.1) is 0 Å². The lowest BCUT2D eigenvalue weighted by Crippen LogP contribution is -1.91. The second-order valence-corrected chi connectivity index (χ2v) is 3.64. The van der Waals surface area contributed by atoms with E-state index in [0.29, 0.717) is 0 Å². The minimum Gasteiger partial charge on any atom is -0.133 e. The highest BCUT2D eigenvalue weighted by molar-refractivity contribution is 7.46. The Morgan fingerprint density at radius 3 is 2.30 bits per heavy atom. The van der Waals surface area contributed by atoms with Crippen molar-refractivity contribution >= 4 is 23.1 Å². The van der Waals surface area contributed by atoms with E-state index >= 15 is 0 Å². The van der Waals surface area contributed by atoms with Crippen molar-refractivity contribution in [2.24, 2.45) is 0 Å². The molecule has 0 amide bonds. The quantitative estimate of drug-likeness (QED) is 0.595. The first-order valence-electron chi connectivity index (χ1n) is 3.33. The summed E-state index contributed by atoms with van der Waals surface area (Å²) in [6.45, 7) is 2.20. The maximum atomic E-state index is 2.73. The molecule has 10 heavy (non-hydrogen) atoms. The Labute approximate surface area is 66.4 Å². The van der Waals surface area contributed by atoms with Gasteiger partial charge in [0, 0.05) is 0 Å². The summed E-state index contributed by atoms with van der Waals surface area (Å²) in [5, 5.41) is 1.45. The van der Waals surface area contributed by atoms with Crippen LogP contribution in [0, 0.1) is 0 Å². The molecular formula is C8H12P2. The van der Waals surface area contributed by atoms with Crippen LogP contribution in [0.1, 0.15) is 5.56 Å². The fourth-order valence-corrected chi connectivity index (χ4v) is 1.58. The van der Waals surface area contributed by atoms with Crippen LogP contribution in [0.5, 0.6) is 0 Å². The van der Waals surface area contributed by atoms with E-state index in [4.69, 9.17) is 0 Å². The van der Waals surface area contributed by atoms with Gasteiger partial charge in [0.2, 0.25) is 0 Å². The van der Waals surface area contributed by atoms with Gasteiger partial charge in [0.1, 0.15) is 0 Å². The zero-order valence-electron chi connectivity index (χ0n) is 6.09. The summed E-state index contributed by atoms with van der Waals surface area (Å²) >= 11 is 0. The Kier molecular flexibility index (Phi) is 3.32. The SMILES string of the molecule is CPc1ccc(CP)cc1. The third-order valence-corrected chi connectivity index (χ3v) is 2.86. The van der Waals surface area contributed by atoms with Crippen LogP contribution in [0.3, 0.4) is 0 Å². The molecule has 2 atom stereocenters. The van der Waals surface area contributed by atoms with Gasteiger partial charge in [0.25, 0.3) is 0 Å². The molecule has 0 heterocycles. The molecule has 1 aromatic rings. The number of benzene rings is 1. The van der Waals surface area contributed by atoms with Gasteiger partial charge < -0.3 is 0 Å². The van der Waals surface area contributed by atoms with Gasteiger partial charge >= 0.3 is 0 Å². The molecule has 1 aromatic carbocycles. The largest absolute Gasteiger partial charge is 0.133 e. The maximum absolute atomic E-state index is 2.73. The van der Waals surface area contributed by atoms with Crippen molar-refractivity contribution in [3.63, 3.8) is 0 Å². The van der Waals surface area contributed by atoms with Gasteiger partial charge in [0.15, 0.2) is 0 Å². The second-order valence-electron chi connectivity index (χ2n) is 2.15. The molecule has 2 unspecified atom stereocenters. The fourth-order valence-electron chi connectivity index (χ4n) is 0.807. The monoisotopic (exact) mass is 170 g/mol. The van der Waals surface area contributed by atoms with Crippen LogP contribution in [0.25, 0.3) is 0 Å². The van der Waals surface area contributed by atoms with Crippen LogP contribution < -0.4 is 5.30 Å². The van der Waals surface area contributed by atoms with Gasteiger partial charge in [-0.1, -0.05) is 32.8 Å². The topological polar surface area (TPSA) is 0 Å². The predicted octanol–water partition coefficient (Wildman–Crippen LogP) is 2.00. The highest BCUT2D eigenvalue weighted by Gasteiger charge is 1.88. The molecule has 0 N–H and O–H groups in total. The Morgan fingerprint density at radius 2 is 1.90 bits per heavy atom. The van der Waals surface area contributed by atoms with Gasteiger partial charge in [-0.15, -0.1) is 9.24 Å². The van der Waals surface area contributed by atoms with E-state index < -0.39 is 0 Å². The molecule has 54 valence electrons. The van der Waals surface area contributed by atoms with Crippen LogP contribution in [0.15, 0.2) is 24.3 Å². The third-order valence-electron chi connectivity index (χ3n) is 1.48. The zero-order chi connectivity index (χ0) is 7.40. The normalized spacial score (nSPS) is 11.0. The van der Waals surface area contributed by atoms with Gasteiger partial charge in [-0.2, -0.15) is 0 Å². The van der Waals surface area contributed by atoms with E-state index in [2.05, 4.69) is 40.2 Å². The molecule has 0 saturated carbocycles. The van der Waals surface area contributed by atoms with E-state index in [-0.39, 0.29) is 0 Å². The molecule has 0 bridgehead atoms. The van der Waals surface area contributed by atoms with Crippen molar-refractivity contribution in [1.82, 2.24) is 0 Å². The summed E-state index contributed by atoms with van der Waals surface area (Å²) in [7, 11) is 3.65. The molecule has 2 heteroatoms. The number of hydrogen-bond donors (Lipinski definition) is 0. The van der Waals surface area contributed by atoms with Crippen LogP contribution in [-0.4, -0.2) is 6.66 Å². The average molecular weight is 170 g/mol. The Balaban J connectivity index is 2.80. The van der Waals surface area contributed by atoms with Crippen molar-refractivity contribution in [3.05, 3.63) is 29.8 Å². The molecule has 0 fully saturated rings. The van der Waals surface area contributed by atoms with E-state index in [1.807, 2.05) is 0 Å². The molecule has 0 aliphatic heterocycles. The van der Waals surface area contributed by atoms with Crippen LogP contribution in [0.2, 0.25) is 0 Å². The first-order chi connectivity index (χ1) is 4.86. The van der Waals surface area contributed by atoms with Gasteiger partial charge in [-0.3, -0.25) is 0 Å². The molecule has 0 aromatic heterocycles. The fraction of sp³-hybridized carbons (Fsp3) is 0.250. The van der Waals surface area contributed by atoms with Crippen molar-refractivity contribution < 1.29 is 0 Å². The summed E-state index contributed by atoms with van der Waals surface area (Å²) in [6.07, 6.45) is 1.06. The van der Waals surface area contributed by atoms with E-state index in [1.165, 1.54) is 10.9 Å². The van der Waals surface area contributed by atoms with Crippen LogP contribution in [-0.2, 0) is 6.16 Å². The molecule has 0 aliphatic rings. The maximum Gasteiger partial charge on any atom is -0.0128 e. The van der Waals surface area contributed by atoms with Crippen molar-refractivity contribution in [1.29, 1.82) is 0 Å². The van der Waals surface area contributed by atoms with E-state index in [9.17, 15) is 0 Å². The molecule has 1 rings (SSSR count). The van der Waals surface area contributed by atoms with Crippen molar-refractivity contribution in [2.75, 3.05) is 6.66 Å². The highest BCUT2D eigenvalue weighted by atomic mass is 31.1. The number of rotatable bonds is 2. The summed E-state index contributed by atoms with van der Waals surface area (Å²) in [6, 6.07) is 8.80. The molecule has 0 nitrogen and oxygen atoms in total. The Hall–Kier alpha value is 0.0800. The summed E-state index contributed by atoms with van der Waals surface area (Å²) in [5.74, 6) is 0. The van der Waals surface area contributed by atoms with Gasteiger partial charge in [-0.05, 0) is 23.7 Å². The minimum atomic E-state index is 0.921. The lowest BCUT2D eigenvalue weighted by Gasteiger charge is -1.97. The zero-order valence-corrected chi connectivity index (χ0v) is 8.25. The number of hydrogen-bond acceptors (Lipinski definition) is 0. The van der Waals surface area contributed by atoms with Crippen molar-refractivity contribution in [3.8, 4) is 0 Å². The average Bonchev–Trinajstić information content (AvgIpc) is 2.05. The molecule has 0 spiro atoms. The van der Waals surface area contributed by atoms with Gasteiger partial charge in [-0.25, -0.2) is 0 Å². The van der Waals surface area contributed by atoms with Crippen LogP contribution in [0.4, 0.5) is 0 Å². The third kappa shape index (κ3) is 2.04. The summed E-state index contributed by atoms with van der Waals surface area (Å²) < 4.78 is 0. The predicted molar refractivity (Wildman–Crippen MR) is 53.7 cm³/mol. The molecule has 0 aliphatic carbocycles. The Bertz CT molecular complexity index is 168. The van der Waals surface area contributed by atoms with Crippen LogP contribution >= 0.6 is 17.8 Å².